The first-order chi connectivity index (χ1) is 7.17. The van der Waals surface area contributed by atoms with Crippen LogP contribution in [0.15, 0.2) is 6.07 Å². The molecule has 0 atom stereocenters. The van der Waals surface area contributed by atoms with Crippen LogP contribution in [0, 0.1) is 13.8 Å². The van der Waals surface area contributed by atoms with E-state index in [-0.39, 0.29) is 0 Å². The van der Waals surface area contributed by atoms with E-state index in [4.69, 9.17) is 0 Å². The molecule has 78 valence electrons. The summed E-state index contributed by atoms with van der Waals surface area (Å²) < 4.78 is 1.17. The van der Waals surface area contributed by atoms with E-state index in [0.717, 1.165) is 34.4 Å². The van der Waals surface area contributed by atoms with Crippen molar-refractivity contribution in [3.8, 4) is 0 Å². The van der Waals surface area contributed by atoms with Crippen LogP contribution in [0.4, 0.5) is 0 Å². The largest absolute Gasteiger partial charge is 0.298 e. The number of hydrogen-bond donors (Lipinski definition) is 0. The lowest BCUT2D eigenvalue weighted by molar-refractivity contribution is 0.112. The van der Waals surface area contributed by atoms with Crippen molar-refractivity contribution in [3.05, 3.63) is 27.8 Å². The highest BCUT2D eigenvalue weighted by Crippen LogP contribution is 2.31. The van der Waals surface area contributed by atoms with Crippen molar-refractivity contribution < 1.29 is 4.79 Å². The molecule has 0 saturated heterocycles. The fourth-order valence-corrected chi connectivity index (χ4v) is 2.95. The second-order valence-electron chi connectivity index (χ2n) is 3.64. The molecule has 15 heavy (non-hydrogen) atoms. The molecule has 0 aromatic carbocycles. The minimum Gasteiger partial charge on any atom is -0.298 e. The van der Waals surface area contributed by atoms with Gasteiger partial charge in [-0.1, -0.05) is 6.92 Å². The Morgan fingerprint density at radius 2 is 2.20 bits per heavy atom. The first-order valence-electron chi connectivity index (χ1n) is 5.02. The summed E-state index contributed by atoms with van der Waals surface area (Å²) in [4.78, 5) is 16.5. The van der Waals surface area contributed by atoms with Crippen molar-refractivity contribution >= 4 is 27.8 Å². The number of aromatic nitrogens is 1. The Labute approximate surface area is 93.0 Å². The standard InChI is InChI=1S/C12H13NOS/c1-4-9-5-7(2)13-11-10(6-14)8(3)15-12(9)11/h5-6H,4H2,1-3H3. The molecule has 0 spiro atoms. The molecular weight excluding hydrogens is 206 g/mol. The number of nitrogens with zero attached hydrogens (tertiary/aromatic N) is 1. The maximum absolute atomic E-state index is 11.0. The van der Waals surface area contributed by atoms with Gasteiger partial charge in [-0.25, -0.2) is 0 Å². The maximum atomic E-state index is 11.0. The highest BCUT2D eigenvalue weighted by Gasteiger charge is 2.12. The summed E-state index contributed by atoms with van der Waals surface area (Å²) in [5.41, 5.74) is 3.91. The van der Waals surface area contributed by atoms with Crippen molar-refractivity contribution in [1.82, 2.24) is 4.98 Å². The zero-order valence-electron chi connectivity index (χ0n) is 9.13. The molecular formula is C12H13NOS. The fourth-order valence-electron chi connectivity index (χ4n) is 1.80. The van der Waals surface area contributed by atoms with Crippen LogP contribution in [-0.4, -0.2) is 11.3 Å². The number of aryl methyl sites for hydroxylation is 3. The van der Waals surface area contributed by atoms with E-state index in [2.05, 4.69) is 18.0 Å². The zero-order valence-corrected chi connectivity index (χ0v) is 9.94. The molecule has 0 aliphatic heterocycles. The zero-order chi connectivity index (χ0) is 11.0. The number of pyridine rings is 1. The van der Waals surface area contributed by atoms with Crippen LogP contribution < -0.4 is 0 Å². The van der Waals surface area contributed by atoms with Crippen LogP contribution in [0.2, 0.25) is 0 Å². The molecule has 0 fully saturated rings. The molecule has 3 heteroatoms. The van der Waals surface area contributed by atoms with E-state index < -0.39 is 0 Å². The number of carbonyl (C=O) groups excluding carboxylic acids is 1. The lowest BCUT2D eigenvalue weighted by Crippen LogP contribution is -1.89. The van der Waals surface area contributed by atoms with Gasteiger partial charge in [0.1, 0.15) is 0 Å². The minimum absolute atomic E-state index is 0.758. The van der Waals surface area contributed by atoms with Gasteiger partial charge in [0.2, 0.25) is 0 Å². The van der Waals surface area contributed by atoms with Crippen LogP contribution >= 0.6 is 11.3 Å². The van der Waals surface area contributed by atoms with Gasteiger partial charge in [-0.3, -0.25) is 9.78 Å². The number of fused-ring (bicyclic) bond motifs is 1. The Morgan fingerprint density at radius 1 is 1.47 bits per heavy atom. The summed E-state index contributed by atoms with van der Waals surface area (Å²) in [6.07, 6.45) is 1.90. The number of carbonyl (C=O) groups is 1. The number of aldehydes is 1. The van der Waals surface area contributed by atoms with Crippen LogP contribution in [0.1, 0.15) is 33.4 Å². The monoisotopic (exact) mass is 219 g/mol. The van der Waals surface area contributed by atoms with Gasteiger partial charge in [0.25, 0.3) is 0 Å². The van der Waals surface area contributed by atoms with Crippen LogP contribution in [0.25, 0.3) is 10.2 Å². The van der Waals surface area contributed by atoms with Crippen molar-refractivity contribution in [2.75, 3.05) is 0 Å². The van der Waals surface area contributed by atoms with Crippen molar-refractivity contribution in [2.24, 2.45) is 0 Å². The van der Waals surface area contributed by atoms with E-state index in [1.807, 2.05) is 13.8 Å². The SMILES string of the molecule is CCc1cc(C)nc2c(C=O)c(C)sc12. The molecule has 2 aromatic rings. The highest BCUT2D eigenvalue weighted by molar-refractivity contribution is 7.19. The predicted octanol–water partition coefficient (Wildman–Crippen LogP) is 3.29. The Kier molecular flexibility index (Phi) is 2.57. The molecule has 0 aliphatic carbocycles. The molecule has 2 aromatic heterocycles. The van der Waals surface area contributed by atoms with Gasteiger partial charge in [-0.05, 0) is 31.9 Å². The summed E-state index contributed by atoms with van der Waals surface area (Å²) >= 11 is 1.67. The number of rotatable bonds is 2. The summed E-state index contributed by atoms with van der Waals surface area (Å²) in [7, 11) is 0. The first kappa shape index (κ1) is 10.3. The average molecular weight is 219 g/mol. The van der Waals surface area contributed by atoms with Gasteiger partial charge in [0, 0.05) is 10.6 Å². The summed E-state index contributed by atoms with van der Waals surface area (Å²) in [6, 6.07) is 2.10. The third-order valence-electron chi connectivity index (χ3n) is 2.57. The second kappa shape index (κ2) is 3.74. The van der Waals surface area contributed by atoms with Crippen LogP contribution in [0.5, 0.6) is 0 Å². The topological polar surface area (TPSA) is 30.0 Å². The van der Waals surface area contributed by atoms with Crippen molar-refractivity contribution in [1.29, 1.82) is 0 Å². The maximum Gasteiger partial charge on any atom is 0.153 e. The molecule has 2 heterocycles. The Morgan fingerprint density at radius 3 is 2.80 bits per heavy atom. The van der Waals surface area contributed by atoms with Gasteiger partial charge in [0.05, 0.1) is 15.8 Å². The van der Waals surface area contributed by atoms with E-state index in [0.29, 0.717) is 0 Å². The quantitative estimate of drug-likeness (QED) is 0.725. The van der Waals surface area contributed by atoms with Crippen molar-refractivity contribution in [3.63, 3.8) is 0 Å². The van der Waals surface area contributed by atoms with Gasteiger partial charge >= 0.3 is 0 Å². The Bertz CT molecular complexity index is 528. The Hall–Kier alpha value is -1.22. The molecule has 0 N–H and O–H groups in total. The van der Waals surface area contributed by atoms with Crippen LogP contribution in [-0.2, 0) is 6.42 Å². The molecule has 0 radical (unpaired) electrons. The van der Waals surface area contributed by atoms with Gasteiger partial charge < -0.3 is 0 Å². The number of thiophene rings is 1. The van der Waals surface area contributed by atoms with E-state index >= 15 is 0 Å². The molecule has 2 rings (SSSR count). The highest BCUT2D eigenvalue weighted by atomic mass is 32.1. The summed E-state index contributed by atoms with van der Waals surface area (Å²) in [5.74, 6) is 0. The summed E-state index contributed by atoms with van der Waals surface area (Å²) in [6.45, 7) is 6.08. The van der Waals surface area contributed by atoms with Gasteiger partial charge in [-0.15, -0.1) is 11.3 Å². The molecule has 0 saturated carbocycles. The molecule has 0 amide bonds. The van der Waals surface area contributed by atoms with E-state index in [1.165, 1.54) is 10.3 Å². The van der Waals surface area contributed by atoms with Gasteiger partial charge in [0.15, 0.2) is 6.29 Å². The normalized spacial score (nSPS) is 10.9. The second-order valence-corrected chi connectivity index (χ2v) is 4.87. The van der Waals surface area contributed by atoms with E-state index in [9.17, 15) is 4.79 Å². The first-order valence-corrected chi connectivity index (χ1v) is 5.83. The lowest BCUT2D eigenvalue weighted by atomic mass is 10.1. The molecule has 2 nitrogen and oxygen atoms in total. The van der Waals surface area contributed by atoms with E-state index in [1.54, 1.807) is 11.3 Å². The molecule has 0 unspecified atom stereocenters. The number of hydrogen-bond acceptors (Lipinski definition) is 3. The summed E-state index contributed by atoms with van der Waals surface area (Å²) in [5, 5.41) is 0. The molecule has 0 aliphatic rings. The van der Waals surface area contributed by atoms with Crippen LogP contribution in [0.3, 0.4) is 0 Å². The minimum atomic E-state index is 0.758. The predicted molar refractivity (Wildman–Crippen MR) is 63.9 cm³/mol. The third-order valence-corrected chi connectivity index (χ3v) is 3.75. The van der Waals surface area contributed by atoms with Crippen molar-refractivity contribution in [2.45, 2.75) is 27.2 Å². The molecule has 0 bridgehead atoms. The lowest BCUT2D eigenvalue weighted by Gasteiger charge is -2.00. The average Bonchev–Trinajstić information content (AvgIpc) is 2.52. The smallest absolute Gasteiger partial charge is 0.153 e. The fraction of sp³-hybridized carbons (Fsp3) is 0.333. The van der Waals surface area contributed by atoms with Gasteiger partial charge in [-0.2, -0.15) is 0 Å². The Balaban J connectivity index is 2.89. The third kappa shape index (κ3) is 1.57.